The molecule has 2 rings (SSSR count). The number of nitrogens with one attached hydrogen (secondary N) is 2. The standard InChI is InChI=1S/C15H23N5OS/c1-9-12(4)22-14(17-9)8-16-15(21)20(5)7-6-13-10(2)18-19-11(13)3/h6-8H2,1-5H3,(H,16,21)(H,18,19). The Bertz CT molecular complexity index is 622. The van der Waals surface area contributed by atoms with Crippen LogP contribution in [0.5, 0.6) is 0 Å². The van der Waals surface area contributed by atoms with Gasteiger partial charge in [-0.1, -0.05) is 0 Å². The molecule has 0 aliphatic rings. The van der Waals surface area contributed by atoms with E-state index in [1.807, 2.05) is 27.7 Å². The number of H-pyrrole nitrogens is 1. The summed E-state index contributed by atoms with van der Waals surface area (Å²) < 4.78 is 0. The minimum Gasteiger partial charge on any atom is -0.331 e. The van der Waals surface area contributed by atoms with Gasteiger partial charge in [-0.15, -0.1) is 11.3 Å². The first kappa shape index (κ1) is 16.5. The van der Waals surface area contributed by atoms with Gasteiger partial charge in [0.25, 0.3) is 0 Å². The molecule has 6 nitrogen and oxygen atoms in total. The molecule has 22 heavy (non-hydrogen) atoms. The topological polar surface area (TPSA) is 73.9 Å². The van der Waals surface area contributed by atoms with Gasteiger partial charge in [0.05, 0.1) is 17.9 Å². The summed E-state index contributed by atoms with van der Waals surface area (Å²) in [6, 6.07) is -0.0793. The molecule has 0 radical (unpaired) electrons. The first-order valence-corrected chi connectivity index (χ1v) is 8.12. The minimum atomic E-state index is -0.0793. The summed E-state index contributed by atoms with van der Waals surface area (Å²) >= 11 is 1.63. The maximum Gasteiger partial charge on any atom is 0.317 e. The SMILES string of the molecule is Cc1nc(CNC(=O)N(C)CCc2c(C)n[nH]c2C)sc1C. The molecule has 7 heteroatoms. The smallest absolute Gasteiger partial charge is 0.317 e. The van der Waals surface area contributed by atoms with Crippen LogP contribution < -0.4 is 5.32 Å². The lowest BCUT2D eigenvalue weighted by Crippen LogP contribution is -2.38. The number of amides is 2. The average molecular weight is 321 g/mol. The number of thiazole rings is 1. The highest BCUT2D eigenvalue weighted by Gasteiger charge is 2.12. The van der Waals surface area contributed by atoms with Crippen LogP contribution in [0.25, 0.3) is 0 Å². The summed E-state index contributed by atoms with van der Waals surface area (Å²) in [6.45, 7) is 9.14. The summed E-state index contributed by atoms with van der Waals surface area (Å²) in [7, 11) is 1.80. The zero-order valence-corrected chi connectivity index (χ0v) is 14.6. The predicted octanol–water partition coefficient (Wildman–Crippen LogP) is 2.48. The van der Waals surface area contributed by atoms with E-state index in [0.29, 0.717) is 13.1 Å². The summed E-state index contributed by atoms with van der Waals surface area (Å²) in [4.78, 5) is 19.4. The Morgan fingerprint density at radius 2 is 2.00 bits per heavy atom. The largest absolute Gasteiger partial charge is 0.331 e. The third-order valence-corrected chi connectivity index (χ3v) is 4.86. The van der Waals surface area contributed by atoms with Crippen molar-refractivity contribution in [3.05, 3.63) is 32.5 Å². The van der Waals surface area contributed by atoms with Gasteiger partial charge in [-0.2, -0.15) is 5.10 Å². The molecule has 0 spiro atoms. The van der Waals surface area contributed by atoms with Gasteiger partial charge in [0.1, 0.15) is 5.01 Å². The van der Waals surface area contributed by atoms with Crippen molar-refractivity contribution in [3.8, 4) is 0 Å². The van der Waals surface area contributed by atoms with Crippen LogP contribution >= 0.6 is 11.3 Å². The van der Waals surface area contributed by atoms with Crippen LogP contribution in [0.3, 0.4) is 0 Å². The third-order valence-electron chi connectivity index (χ3n) is 3.79. The molecule has 2 amide bonds. The number of likely N-dealkylation sites (N-methyl/N-ethyl adjacent to an activating group) is 1. The second-order valence-corrected chi connectivity index (χ2v) is 6.78. The lowest BCUT2D eigenvalue weighted by Gasteiger charge is -2.17. The van der Waals surface area contributed by atoms with Gasteiger partial charge in [-0.3, -0.25) is 5.10 Å². The molecule has 0 aliphatic carbocycles. The number of rotatable bonds is 5. The summed E-state index contributed by atoms with van der Waals surface area (Å²) in [5.41, 5.74) is 4.29. The van der Waals surface area contributed by atoms with Crippen molar-refractivity contribution in [2.75, 3.05) is 13.6 Å². The maximum absolute atomic E-state index is 12.1. The minimum absolute atomic E-state index is 0.0793. The van der Waals surface area contributed by atoms with Gasteiger partial charge in [0.15, 0.2) is 0 Å². The molecule has 0 aromatic carbocycles. The molecule has 0 bridgehead atoms. The molecule has 0 aliphatic heterocycles. The lowest BCUT2D eigenvalue weighted by molar-refractivity contribution is 0.209. The quantitative estimate of drug-likeness (QED) is 0.888. The van der Waals surface area contributed by atoms with Gasteiger partial charge >= 0.3 is 6.03 Å². The van der Waals surface area contributed by atoms with E-state index < -0.39 is 0 Å². The number of aromatic amines is 1. The fraction of sp³-hybridized carbons (Fsp3) is 0.533. The van der Waals surface area contributed by atoms with Gasteiger partial charge in [0, 0.05) is 24.2 Å². The van der Waals surface area contributed by atoms with Crippen LogP contribution in [0.4, 0.5) is 4.79 Å². The number of nitrogens with zero attached hydrogens (tertiary/aromatic N) is 3. The van der Waals surface area contributed by atoms with E-state index in [2.05, 4.69) is 20.5 Å². The fourth-order valence-corrected chi connectivity index (χ4v) is 3.10. The van der Waals surface area contributed by atoms with E-state index in [1.54, 1.807) is 23.3 Å². The Labute approximate surface area is 135 Å². The second-order valence-electron chi connectivity index (χ2n) is 5.49. The monoisotopic (exact) mass is 321 g/mol. The van der Waals surface area contributed by atoms with Crippen LogP contribution in [0.2, 0.25) is 0 Å². The zero-order chi connectivity index (χ0) is 16.3. The highest BCUT2D eigenvalue weighted by Crippen LogP contribution is 2.16. The van der Waals surface area contributed by atoms with E-state index >= 15 is 0 Å². The number of aromatic nitrogens is 3. The molecule has 2 heterocycles. The molecule has 2 aromatic heterocycles. The molecule has 2 aromatic rings. The summed E-state index contributed by atoms with van der Waals surface area (Å²) in [6.07, 6.45) is 0.799. The van der Waals surface area contributed by atoms with E-state index in [1.165, 1.54) is 10.4 Å². The number of urea groups is 1. The van der Waals surface area contributed by atoms with E-state index in [0.717, 1.165) is 28.5 Å². The van der Waals surface area contributed by atoms with Gasteiger partial charge in [0.2, 0.25) is 0 Å². The van der Waals surface area contributed by atoms with E-state index in [-0.39, 0.29) is 6.03 Å². The average Bonchev–Trinajstić information content (AvgIpc) is 2.97. The Morgan fingerprint density at radius 1 is 1.27 bits per heavy atom. The fourth-order valence-electron chi connectivity index (χ4n) is 2.22. The molecule has 2 N–H and O–H groups in total. The van der Waals surface area contributed by atoms with Crippen LogP contribution in [0.15, 0.2) is 0 Å². The Hall–Kier alpha value is -1.89. The highest BCUT2D eigenvalue weighted by molar-refractivity contribution is 7.11. The van der Waals surface area contributed by atoms with Crippen molar-refractivity contribution in [2.24, 2.45) is 0 Å². The van der Waals surface area contributed by atoms with E-state index in [9.17, 15) is 4.79 Å². The number of carbonyl (C=O) groups is 1. The molecule has 0 unspecified atom stereocenters. The number of hydrogen-bond donors (Lipinski definition) is 2. The first-order valence-electron chi connectivity index (χ1n) is 7.30. The van der Waals surface area contributed by atoms with Crippen LogP contribution in [-0.4, -0.2) is 39.7 Å². The van der Waals surface area contributed by atoms with Crippen molar-refractivity contribution in [3.63, 3.8) is 0 Å². The van der Waals surface area contributed by atoms with Crippen molar-refractivity contribution in [2.45, 2.75) is 40.7 Å². The Kier molecular flexibility index (Phi) is 5.18. The number of carbonyl (C=O) groups excluding carboxylic acids is 1. The van der Waals surface area contributed by atoms with Crippen molar-refractivity contribution < 1.29 is 4.79 Å². The van der Waals surface area contributed by atoms with Crippen LogP contribution in [0, 0.1) is 27.7 Å². The summed E-state index contributed by atoms with van der Waals surface area (Å²) in [5.74, 6) is 0. The molecule has 0 saturated carbocycles. The normalized spacial score (nSPS) is 10.8. The molecule has 0 fully saturated rings. The number of aryl methyl sites for hydroxylation is 4. The predicted molar refractivity (Wildman–Crippen MR) is 88.2 cm³/mol. The Balaban J connectivity index is 1.82. The zero-order valence-electron chi connectivity index (χ0n) is 13.8. The van der Waals surface area contributed by atoms with Crippen molar-refractivity contribution >= 4 is 17.4 Å². The molecule has 0 saturated heterocycles. The maximum atomic E-state index is 12.1. The van der Waals surface area contributed by atoms with Crippen LogP contribution in [0.1, 0.15) is 32.5 Å². The lowest BCUT2D eigenvalue weighted by atomic mass is 10.1. The van der Waals surface area contributed by atoms with Crippen LogP contribution in [-0.2, 0) is 13.0 Å². The first-order chi connectivity index (χ1) is 10.4. The third kappa shape index (κ3) is 3.85. The Morgan fingerprint density at radius 3 is 2.55 bits per heavy atom. The molecular weight excluding hydrogens is 298 g/mol. The summed E-state index contributed by atoms with van der Waals surface area (Å²) in [5, 5.41) is 11.0. The molecule has 120 valence electrons. The molecular formula is C15H23N5OS. The van der Waals surface area contributed by atoms with Gasteiger partial charge in [-0.05, 0) is 39.7 Å². The molecule has 0 atom stereocenters. The van der Waals surface area contributed by atoms with Crippen molar-refractivity contribution in [1.29, 1.82) is 0 Å². The van der Waals surface area contributed by atoms with Crippen molar-refractivity contribution in [1.82, 2.24) is 25.4 Å². The van der Waals surface area contributed by atoms with Gasteiger partial charge in [-0.25, -0.2) is 9.78 Å². The van der Waals surface area contributed by atoms with E-state index in [4.69, 9.17) is 0 Å². The second kappa shape index (κ2) is 6.91. The number of hydrogen-bond acceptors (Lipinski definition) is 4. The van der Waals surface area contributed by atoms with Gasteiger partial charge < -0.3 is 10.2 Å². The highest BCUT2D eigenvalue weighted by atomic mass is 32.1.